The topological polar surface area (TPSA) is 35.5 Å². The number of esters is 1. The molecule has 0 aliphatic carbocycles. The Labute approximate surface area is 122 Å². The standard InChI is InChI=1S/C17H26O3/c1-5-6-7-15(17(18)19-4)16(12-13(2)3)14-8-10-20-11-9-14/h6-7,12,14H,5,8-11H2,1-4H3/b7-6+,16-15-. The van der Waals surface area contributed by atoms with Crippen LogP contribution in [-0.4, -0.2) is 26.3 Å². The van der Waals surface area contributed by atoms with Gasteiger partial charge in [-0.3, -0.25) is 0 Å². The van der Waals surface area contributed by atoms with Gasteiger partial charge in [-0.05, 0) is 44.6 Å². The van der Waals surface area contributed by atoms with Crippen LogP contribution in [0.15, 0.2) is 34.9 Å². The number of allylic oxidation sites excluding steroid dienone is 4. The molecule has 1 fully saturated rings. The first-order valence-electron chi connectivity index (χ1n) is 7.31. The number of carbonyl (C=O) groups excluding carboxylic acids is 1. The predicted octanol–water partition coefficient (Wildman–Crippen LogP) is 3.82. The minimum absolute atomic E-state index is 0.256. The summed E-state index contributed by atoms with van der Waals surface area (Å²) >= 11 is 0. The molecule has 0 aromatic heterocycles. The summed E-state index contributed by atoms with van der Waals surface area (Å²) < 4.78 is 10.4. The maximum absolute atomic E-state index is 12.1. The van der Waals surface area contributed by atoms with E-state index in [1.807, 2.05) is 12.2 Å². The highest BCUT2D eigenvalue weighted by molar-refractivity contribution is 5.93. The van der Waals surface area contributed by atoms with Gasteiger partial charge in [-0.2, -0.15) is 0 Å². The van der Waals surface area contributed by atoms with Gasteiger partial charge in [0.25, 0.3) is 0 Å². The van der Waals surface area contributed by atoms with E-state index in [1.165, 1.54) is 12.7 Å². The Morgan fingerprint density at radius 2 is 1.95 bits per heavy atom. The van der Waals surface area contributed by atoms with E-state index in [0.717, 1.165) is 38.0 Å². The molecule has 1 aliphatic heterocycles. The minimum atomic E-state index is -0.256. The van der Waals surface area contributed by atoms with E-state index in [0.29, 0.717) is 11.5 Å². The van der Waals surface area contributed by atoms with Gasteiger partial charge in [0.05, 0.1) is 12.7 Å². The number of hydrogen-bond acceptors (Lipinski definition) is 3. The minimum Gasteiger partial charge on any atom is -0.465 e. The summed E-state index contributed by atoms with van der Waals surface area (Å²) in [6, 6.07) is 0. The number of ether oxygens (including phenoxy) is 2. The molecule has 0 aromatic carbocycles. The quantitative estimate of drug-likeness (QED) is 0.436. The second-order valence-electron chi connectivity index (χ2n) is 5.28. The SMILES string of the molecule is CC/C=C/C(C(=O)OC)=C(\C=C(C)C)C1CCOCC1. The van der Waals surface area contributed by atoms with E-state index in [-0.39, 0.29) is 5.97 Å². The molecule has 0 atom stereocenters. The molecule has 3 heteroatoms. The Bertz CT molecular complexity index is 406. The van der Waals surface area contributed by atoms with Crippen LogP contribution in [0.25, 0.3) is 0 Å². The Kier molecular flexibility index (Phi) is 7.31. The van der Waals surface area contributed by atoms with Crippen molar-refractivity contribution in [3.05, 3.63) is 34.9 Å². The van der Waals surface area contributed by atoms with Crippen LogP contribution in [0.3, 0.4) is 0 Å². The molecule has 0 bridgehead atoms. The average molecular weight is 278 g/mol. The van der Waals surface area contributed by atoms with Gasteiger partial charge in [-0.15, -0.1) is 0 Å². The Morgan fingerprint density at radius 3 is 2.45 bits per heavy atom. The highest BCUT2D eigenvalue weighted by Gasteiger charge is 2.22. The molecular weight excluding hydrogens is 252 g/mol. The summed E-state index contributed by atoms with van der Waals surface area (Å²) in [6.45, 7) is 7.68. The molecule has 0 spiro atoms. The smallest absolute Gasteiger partial charge is 0.338 e. The lowest BCUT2D eigenvalue weighted by Crippen LogP contribution is -2.20. The summed E-state index contributed by atoms with van der Waals surface area (Å²) in [5.74, 6) is 0.114. The van der Waals surface area contributed by atoms with E-state index in [1.54, 1.807) is 0 Å². The molecular formula is C17H26O3. The highest BCUT2D eigenvalue weighted by atomic mass is 16.5. The zero-order valence-corrected chi connectivity index (χ0v) is 13.1. The Morgan fingerprint density at radius 1 is 1.30 bits per heavy atom. The van der Waals surface area contributed by atoms with Gasteiger partial charge in [0, 0.05) is 13.2 Å². The van der Waals surface area contributed by atoms with E-state index < -0.39 is 0 Å². The molecule has 1 aliphatic rings. The molecule has 0 amide bonds. The molecule has 112 valence electrons. The van der Waals surface area contributed by atoms with Crippen molar-refractivity contribution in [2.24, 2.45) is 5.92 Å². The first-order chi connectivity index (χ1) is 9.60. The van der Waals surface area contributed by atoms with Crippen molar-refractivity contribution in [1.82, 2.24) is 0 Å². The van der Waals surface area contributed by atoms with Crippen molar-refractivity contribution in [3.63, 3.8) is 0 Å². The lowest BCUT2D eigenvalue weighted by molar-refractivity contribution is -0.135. The van der Waals surface area contributed by atoms with Gasteiger partial charge < -0.3 is 9.47 Å². The molecule has 0 radical (unpaired) electrons. The van der Waals surface area contributed by atoms with Gasteiger partial charge in [-0.1, -0.05) is 30.7 Å². The first-order valence-corrected chi connectivity index (χ1v) is 7.31. The lowest BCUT2D eigenvalue weighted by Gasteiger charge is -2.25. The largest absolute Gasteiger partial charge is 0.465 e. The van der Waals surface area contributed by atoms with Crippen molar-refractivity contribution < 1.29 is 14.3 Å². The van der Waals surface area contributed by atoms with Crippen LogP contribution in [0.5, 0.6) is 0 Å². The molecule has 0 unspecified atom stereocenters. The van der Waals surface area contributed by atoms with Crippen molar-refractivity contribution in [2.75, 3.05) is 20.3 Å². The van der Waals surface area contributed by atoms with Gasteiger partial charge in [0.1, 0.15) is 0 Å². The molecule has 0 N–H and O–H groups in total. The van der Waals surface area contributed by atoms with Crippen molar-refractivity contribution in [1.29, 1.82) is 0 Å². The number of methoxy groups -OCH3 is 1. The van der Waals surface area contributed by atoms with Crippen LogP contribution in [0.1, 0.15) is 40.0 Å². The van der Waals surface area contributed by atoms with Crippen LogP contribution in [-0.2, 0) is 14.3 Å². The molecule has 20 heavy (non-hydrogen) atoms. The zero-order valence-electron chi connectivity index (χ0n) is 13.1. The molecule has 1 heterocycles. The van der Waals surface area contributed by atoms with Crippen LogP contribution in [0.4, 0.5) is 0 Å². The normalized spacial score (nSPS) is 17.8. The third-order valence-corrected chi connectivity index (χ3v) is 3.34. The fourth-order valence-electron chi connectivity index (χ4n) is 2.36. The molecule has 3 nitrogen and oxygen atoms in total. The second-order valence-corrected chi connectivity index (χ2v) is 5.28. The summed E-state index contributed by atoms with van der Waals surface area (Å²) in [6.07, 6.45) is 8.83. The predicted molar refractivity (Wildman–Crippen MR) is 81.4 cm³/mol. The number of rotatable bonds is 5. The van der Waals surface area contributed by atoms with Crippen molar-refractivity contribution in [3.8, 4) is 0 Å². The fourth-order valence-corrected chi connectivity index (χ4v) is 2.36. The molecule has 1 saturated heterocycles. The van der Waals surface area contributed by atoms with E-state index in [9.17, 15) is 4.79 Å². The van der Waals surface area contributed by atoms with Gasteiger partial charge in [0.2, 0.25) is 0 Å². The van der Waals surface area contributed by atoms with Gasteiger partial charge >= 0.3 is 5.97 Å². The number of carbonyl (C=O) groups is 1. The fraction of sp³-hybridized carbons (Fsp3) is 0.588. The maximum Gasteiger partial charge on any atom is 0.338 e. The van der Waals surface area contributed by atoms with E-state index in [4.69, 9.17) is 9.47 Å². The zero-order chi connectivity index (χ0) is 15.0. The van der Waals surface area contributed by atoms with Gasteiger partial charge in [0.15, 0.2) is 0 Å². The van der Waals surface area contributed by atoms with Crippen molar-refractivity contribution in [2.45, 2.75) is 40.0 Å². The average Bonchev–Trinajstić information content (AvgIpc) is 2.46. The van der Waals surface area contributed by atoms with E-state index >= 15 is 0 Å². The second kappa shape index (κ2) is 8.75. The summed E-state index contributed by atoms with van der Waals surface area (Å²) in [4.78, 5) is 12.1. The first kappa shape index (κ1) is 16.7. The van der Waals surface area contributed by atoms with Crippen LogP contribution in [0, 0.1) is 5.92 Å². The maximum atomic E-state index is 12.1. The van der Waals surface area contributed by atoms with Crippen LogP contribution >= 0.6 is 0 Å². The third kappa shape index (κ3) is 4.97. The Hall–Kier alpha value is -1.35. The van der Waals surface area contributed by atoms with Crippen molar-refractivity contribution >= 4 is 5.97 Å². The van der Waals surface area contributed by atoms with Crippen LogP contribution in [0.2, 0.25) is 0 Å². The molecule has 1 rings (SSSR count). The van der Waals surface area contributed by atoms with Crippen LogP contribution < -0.4 is 0 Å². The lowest BCUT2D eigenvalue weighted by atomic mass is 9.86. The Balaban J connectivity index is 3.24. The summed E-state index contributed by atoms with van der Waals surface area (Å²) in [5.41, 5.74) is 2.96. The highest BCUT2D eigenvalue weighted by Crippen LogP contribution is 2.29. The molecule has 0 aromatic rings. The monoisotopic (exact) mass is 278 g/mol. The number of hydrogen-bond donors (Lipinski definition) is 0. The summed E-state index contributed by atoms with van der Waals surface area (Å²) in [7, 11) is 1.44. The summed E-state index contributed by atoms with van der Waals surface area (Å²) in [5, 5.41) is 0. The molecule has 0 saturated carbocycles. The van der Waals surface area contributed by atoms with Gasteiger partial charge in [-0.25, -0.2) is 4.79 Å². The third-order valence-electron chi connectivity index (χ3n) is 3.34. The van der Waals surface area contributed by atoms with E-state index in [2.05, 4.69) is 26.8 Å².